The molecule has 0 aromatic heterocycles. The molecule has 1 aliphatic heterocycles. The fraction of sp³-hybridized carbons (Fsp3) is 0.200. The van der Waals surface area contributed by atoms with E-state index in [4.69, 9.17) is 14.2 Å². The normalized spacial score (nSPS) is 14.1. The quantitative estimate of drug-likeness (QED) is 0.196. The van der Waals surface area contributed by atoms with Crippen molar-refractivity contribution < 1.29 is 33.4 Å². The molecule has 218 valence electrons. The smallest absolute Gasteiger partial charge is 0.335 e. The Morgan fingerprint density at radius 1 is 0.976 bits per heavy atom. The molecule has 3 aromatic carbocycles. The van der Waals surface area contributed by atoms with Gasteiger partial charge in [-0.15, -0.1) is 0 Å². The minimum atomic E-state index is -0.888. The van der Waals surface area contributed by atoms with Crippen LogP contribution in [0.25, 0.3) is 6.08 Å². The van der Waals surface area contributed by atoms with Crippen LogP contribution < -0.4 is 29.7 Å². The van der Waals surface area contributed by atoms with Crippen LogP contribution in [0.4, 0.5) is 16.2 Å². The van der Waals surface area contributed by atoms with Crippen LogP contribution in [0, 0.1) is 6.92 Å². The Labute approximate surface area is 259 Å². The van der Waals surface area contributed by atoms with Crippen molar-refractivity contribution in [2.45, 2.75) is 20.3 Å². The highest BCUT2D eigenvalue weighted by Crippen LogP contribution is 2.36. The monoisotopic (exact) mass is 699 g/mol. The Balaban J connectivity index is 1.53. The molecule has 4 rings (SSSR count). The minimum Gasteiger partial charge on any atom is -0.493 e. The molecule has 1 heterocycles. The number of carbonyl (C=O) groups is 4. The number of hydrogen-bond acceptors (Lipinski definition) is 7. The average Bonchev–Trinajstić information content (AvgIpc) is 2.95. The lowest BCUT2D eigenvalue weighted by atomic mass is 10.1. The number of carbonyl (C=O) groups excluding carboxylic acids is 4. The number of hydrogen-bond donors (Lipinski definition) is 2. The number of nitrogens with zero attached hydrogens (tertiary/aromatic N) is 1. The standard InChI is InChI=1S/C30H27Br2N3O7/c1-4-11-41-24-10-9-20(15-25(24)40-3)35-29(38)21(28(37)34-30(35)39)12-18-13-22(31)27(23(32)14-18)42-16-26(36)33-19-7-5-17(2)6-8-19/h5-10,12-15H,4,11,16H2,1-3H3,(H,33,36)(H,34,37,39)/b21-12+. The highest BCUT2D eigenvalue weighted by molar-refractivity contribution is 9.11. The Morgan fingerprint density at radius 3 is 2.31 bits per heavy atom. The van der Waals surface area contributed by atoms with Gasteiger partial charge in [0.1, 0.15) is 11.3 Å². The largest absolute Gasteiger partial charge is 0.493 e. The second-order valence-electron chi connectivity index (χ2n) is 9.16. The summed E-state index contributed by atoms with van der Waals surface area (Å²) in [5.41, 5.74) is 2.12. The summed E-state index contributed by atoms with van der Waals surface area (Å²) in [5.74, 6) is -0.848. The zero-order valence-corrected chi connectivity index (χ0v) is 26.1. The van der Waals surface area contributed by atoms with Gasteiger partial charge < -0.3 is 19.5 Å². The van der Waals surface area contributed by atoms with Gasteiger partial charge in [-0.1, -0.05) is 24.6 Å². The van der Waals surface area contributed by atoms with Crippen LogP contribution in [0.3, 0.4) is 0 Å². The molecule has 12 heteroatoms. The van der Waals surface area contributed by atoms with Crippen molar-refractivity contribution in [3.63, 3.8) is 0 Å². The van der Waals surface area contributed by atoms with E-state index in [9.17, 15) is 19.2 Å². The highest BCUT2D eigenvalue weighted by atomic mass is 79.9. The third-order valence-electron chi connectivity index (χ3n) is 5.98. The molecule has 0 unspecified atom stereocenters. The fourth-order valence-electron chi connectivity index (χ4n) is 3.96. The van der Waals surface area contributed by atoms with Gasteiger partial charge in [-0.05, 0) is 93.2 Å². The summed E-state index contributed by atoms with van der Waals surface area (Å²) < 4.78 is 17.7. The lowest BCUT2D eigenvalue weighted by Crippen LogP contribution is -2.54. The van der Waals surface area contributed by atoms with E-state index in [0.29, 0.717) is 44.1 Å². The molecule has 0 bridgehead atoms. The summed E-state index contributed by atoms with van der Waals surface area (Å²) in [6, 6.07) is 14.3. The van der Waals surface area contributed by atoms with E-state index >= 15 is 0 Å². The Kier molecular flexibility index (Phi) is 10.0. The number of urea groups is 1. The van der Waals surface area contributed by atoms with E-state index in [0.717, 1.165) is 16.9 Å². The first kappa shape index (κ1) is 30.8. The van der Waals surface area contributed by atoms with Crippen molar-refractivity contribution in [3.05, 3.63) is 80.2 Å². The highest BCUT2D eigenvalue weighted by Gasteiger charge is 2.37. The number of ether oxygens (including phenoxy) is 3. The topological polar surface area (TPSA) is 123 Å². The van der Waals surface area contributed by atoms with Crippen LogP contribution in [0.2, 0.25) is 0 Å². The van der Waals surface area contributed by atoms with E-state index < -0.39 is 17.8 Å². The maximum Gasteiger partial charge on any atom is 0.335 e. The van der Waals surface area contributed by atoms with Crippen molar-refractivity contribution in [1.29, 1.82) is 0 Å². The molecule has 0 saturated carbocycles. The summed E-state index contributed by atoms with van der Waals surface area (Å²) in [5, 5.41) is 4.97. The number of anilines is 2. The van der Waals surface area contributed by atoms with Gasteiger partial charge in [0.2, 0.25) is 0 Å². The van der Waals surface area contributed by atoms with E-state index in [1.54, 1.807) is 30.3 Å². The van der Waals surface area contributed by atoms with Gasteiger partial charge in [-0.3, -0.25) is 19.7 Å². The molecule has 1 fully saturated rings. The Morgan fingerprint density at radius 2 is 1.67 bits per heavy atom. The summed E-state index contributed by atoms with van der Waals surface area (Å²) in [7, 11) is 1.45. The molecule has 3 aromatic rings. The van der Waals surface area contributed by atoms with Crippen LogP contribution in [-0.4, -0.2) is 44.1 Å². The van der Waals surface area contributed by atoms with Crippen molar-refractivity contribution >= 4 is 73.1 Å². The van der Waals surface area contributed by atoms with Crippen LogP contribution in [0.15, 0.2) is 69.1 Å². The van der Waals surface area contributed by atoms with Gasteiger partial charge in [-0.25, -0.2) is 9.69 Å². The number of halogens is 2. The van der Waals surface area contributed by atoms with Crippen molar-refractivity contribution in [2.75, 3.05) is 30.5 Å². The van der Waals surface area contributed by atoms with Crippen molar-refractivity contribution in [1.82, 2.24) is 5.32 Å². The molecule has 2 N–H and O–H groups in total. The van der Waals surface area contributed by atoms with E-state index in [-0.39, 0.29) is 23.8 Å². The molecule has 0 spiro atoms. The molecule has 0 aliphatic carbocycles. The van der Waals surface area contributed by atoms with Crippen LogP contribution in [0.5, 0.6) is 17.2 Å². The van der Waals surface area contributed by atoms with Crippen molar-refractivity contribution in [3.8, 4) is 17.2 Å². The molecule has 0 atom stereocenters. The first-order valence-electron chi connectivity index (χ1n) is 12.8. The van der Waals surface area contributed by atoms with Gasteiger partial charge >= 0.3 is 6.03 Å². The minimum absolute atomic E-state index is 0.201. The van der Waals surface area contributed by atoms with Gasteiger partial charge in [0, 0.05) is 11.8 Å². The number of imide groups is 2. The van der Waals surface area contributed by atoms with Gasteiger partial charge in [0.25, 0.3) is 17.7 Å². The molecule has 5 amide bonds. The number of aryl methyl sites for hydroxylation is 1. The predicted octanol–water partition coefficient (Wildman–Crippen LogP) is 6.00. The fourth-order valence-corrected chi connectivity index (χ4v) is 5.41. The summed E-state index contributed by atoms with van der Waals surface area (Å²) in [6.45, 7) is 4.13. The zero-order valence-electron chi connectivity index (χ0n) is 23.0. The van der Waals surface area contributed by atoms with E-state index in [1.165, 1.54) is 25.3 Å². The summed E-state index contributed by atoms with van der Waals surface area (Å²) >= 11 is 6.85. The first-order valence-corrected chi connectivity index (χ1v) is 14.4. The molecule has 1 saturated heterocycles. The number of barbiturate groups is 1. The second kappa shape index (κ2) is 13.7. The number of amides is 5. The predicted molar refractivity (Wildman–Crippen MR) is 165 cm³/mol. The van der Waals surface area contributed by atoms with Gasteiger partial charge in [0.05, 0.1) is 28.3 Å². The number of methoxy groups -OCH3 is 1. The van der Waals surface area contributed by atoms with E-state index in [2.05, 4.69) is 42.5 Å². The maximum absolute atomic E-state index is 13.4. The molecule has 0 radical (unpaired) electrons. The third kappa shape index (κ3) is 7.18. The molecular weight excluding hydrogens is 674 g/mol. The number of benzene rings is 3. The van der Waals surface area contributed by atoms with Gasteiger partial charge in [-0.2, -0.15) is 0 Å². The Bertz CT molecular complexity index is 1550. The maximum atomic E-state index is 13.4. The summed E-state index contributed by atoms with van der Waals surface area (Å²) in [4.78, 5) is 52.0. The third-order valence-corrected chi connectivity index (χ3v) is 7.16. The van der Waals surface area contributed by atoms with Gasteiger partial charge in [0.15, 0.2) is 18.1 Å². The second-order valence-corrected chi connectivity index (χ2v) is 10.9. The number of rotatable bonds is 10. The van der Waals surface area contributed by atoms with E-state index in [1.807, 2.05) is 26.0 Å². The zero-order chi connectivity index (χ0) is 30.4. The molecular formula is C30H27Br2N3O7. The SMILES string of the molecule is CCCOc1ccc(N2C(=O)NC(=O)/C(=C\c3cc(Br)c(OCC(=O)Nc4ccc(C)cc4)c(Br)c3)C2=O)cc1OC. The molecule has 10 nitrogen and oxygen atoms in total. The van der Waals surface area contributed by atoms with Crippen molar-refractivity contribution in [2.24, 2.45) is 0 Å². The average molecular weight is 701 g/mol. The first-order chi connectivity index (χ1) is 20.1. The number of nitrogens with one attached hydrogen (secondary N) is 2. The lowest BCUT2D eigenvalue weighted by molar-refractivity contribution is -0.122. The molecule has 1 aliphatic rings. The van der Waals surface area contributed by atoms with Crippen LogP contribution in [0.1, 0.15) is 24.5 Å². The van der Waals surface area contributed by atoms with Crippen LogP contribution >= 0.6 is 31.9 Å². The van der Waals surface area contributed by atoms with Crippen LogP contribution in [-0.2, 0) is 14.4 Å². The lowest BCUT2D eigenvalue weighted by Gasteiger charge is -2.27. The molecule has 42 heavy (non-hydrogen) atoms. The summed E-state index contributed by atoms with van der Waals surface area (Å²) in [6.07, 6.45) is 2.15. The Hall–Kier alpha value is -4.16.